The first-order valence-corrected chi connectivity index (χ1v) is 7.54. The molecule has 0 aliphatic carbocycles. The number of nitrogens with zero attached hydrogens (tertiary/aromatic N) is 1. The molecule has 2 rings (SSSR count). The van der Waals surface area contributed by atoms with Crippen LogP contribution in [0.1, 0.15) is 6.42 Å². The molecule has 25 heavy (non-hydrogen) atoms. The molecule has 0 heterocycles. The lowest BCUT2D eigenvalue weighted by atomic mass is 10.2. The highest BCUT2D eigenvalue weighted by atomic mass is 16.6. The molecular formula is C17H19N3O5. The highest BCUT2D eigenvalue weighted by Crippen LogP contribution is 2.29. The molecule has 0 atom stereocenters. The minimum absolute atomic E-state index is 0.0302. The summed E-state index contributed by atoms with van der Waals surface area (Å²) in [5, 5.41) is 16.6. The molecule has 2 aromatic rings. The van der Waals surface area contributed by atoms with Gasteiger partial charge in [-0.15, -0.1) is 0 Å². The first-order valence-electron chi connectivity index (χ1n) is 7.54. The number of carbonyl (C=O) groups excluding carboxylic acids is 1. The summed E-state index contributed by atoms with van der Waals surface area (Å²) in [5.41, 5.74) is 0.842. The van der Waals surface area contributed by atoms with Gasteiger partial charge in [0.1, 0.15) is 17.2 Å². The van der Waals surface area contributed by atoms with Crippen molar-refractivity contribution in [2.24, 2.45) is 0 Å². The zero-order valence-electron chi connectivity index (χ0n) is 13.9. The number of anilines is 2. The second-order valence-electron chi connectivity index (χ2n) is 5.07. The SMILES string of the molecule is COc1ccc(OC)c(NC(=O)CCNc2ccccc2[N+](=O)[O-])c1. The maximum Gasteiger partial charge on any atom is 0.292 e. The molecule has 0 aromatic heterocycles. The van der Waals surface area contributed by atoms with Crippen LogP contribution in [0.15, 0.2) is 42.5 Å². The van der Waals surface area contributed by atoms with Gasteiger partial charge < -0.3 is 20.1 Å². The van der Waals surface area contributed by atoms with Crippen LogP contribution in [0.5, 0.6) is 11.5 Å². The third-order valence-corrected chi connectivity index (χ3v) is 3.45. The van der Waals surface area contributed by atoms with Crippen molar-refractivity contribution in [1.82, 2.24) is 0 Å². The zero-order chi connectivity index (χ0) is 18.2. The van der Waals surface area contributed by atoms with E-state index in [1.54, 1.807) is 36.4 Å². The number of rotatable bonds is 8. The van der Waals surface area contributed by atoms with Crippen molar-refractivity contribution in [3.8, 4) is 11.5 Å². The van der Waals surface area contributed by atoms with E-state index in [0.717, 1.165) is 0 Å². The molecule has 132 valence electrons. The Balaban J connectivity index is 1.95. The largest absolute Gasteiger partial charge is 0.497 e. The number of benzene rings is 2. The fourth-order valence-electron chi connectivity index (χ4n) is 2.22. The van der Waals surface area contributed by atoms with E-state index in [1.165, 1.54) is 20.3 Å². The van der Waals surface area contributed by atoms with Gasteiger partial charge in [-0.25, -0.2) is 0 Å². The van der Waals surface area contributed by atoms with E-state index in [1.807, 2.05) is 0 Å². The predicted molar refractivity (Wildman–Crippen MR) is 94.4 cm³/mol. The van der Waals surface area contributed by atoms with E-state index in [0.29, 0.717) is 22.9 Å². The summed E-state index contributed by atoms with van der Waals surface area (Å²) in [6, 6.07) is 11.4. The Labute approximate surface area is 144 Å². The standard InChI is InChI=1S/C17H19N3O5/c1-24-12-7-8-16(25-2)14(11-12)19-17(21)9-10-18-13-5-3-4-6-15(13)20(22)23/h3-8,11,18H,9-10H2,1-2H3,(H,19,21). The topological polar surface area (TPSA) is 103 Å². The van der Waals surface area contributed by atoms with Crippen LogP contribution in [0, 0.1) is 10.1 Å². The van der Waals surface area contributed by atoms with Crippen LogP contribution >= 0.6 is 0 Å². The van der Waals surface area contributed by atoms with Gasteiger partial charge in [0.05, 0.1) is 24.8 Å². The highest BCUT2D eigenvalue weighted by Gasteiger charge is 2.13. The number of hydrogen-bond donors (Lipinski definition) is 2. The molecule has 8 heteroatoms. The van der Waals surface area contributed by atoms with Gasteiger partial charge in [0.25, 0.3) is 5.69 Å². The number of nitro groups is 1. The average molecular weight is 345 g/mol. The highest BCUT2D eigenvalue weighted by molar-refractivity contribution is 5.92. The number of methoxy groups -OCH3 is 2. The summed E-state index contributed by atoms with van der Waals surface area (Å²) in [6.45, 7) is 0.253. The average Bonchev–Trinajstić information content (AvgIpc) is 2.61. The van der Waals surface area contributed by atoms with E-state index in [-0.39, 0.29) is 24.6 Å². The van der Waals surface area contributed by atoms with Gasteiger partial charge in [0.15, 0.2) is 0 Å². The van der Waals surface area contributed by atoms with Crippen molar-refractivity contribution in [2.75, 3.05) is 31.4 Å². The molecule has 2 aromatic carbocycles. The number of nitrogens with one attached hydrogen (secondary N) is 2. The Morgan fingerprint density at radius 3 is 2.56 bits per heavy atom. The Morgan fingerprint density at radius 1 is 1.12 bits per heavy atom. The number of hydrogen-bond acceptors (Lipinski definition) is 6. The summed E-state index contributed by atoms with van der Waals surface area (Å²) < 4.78 is 10.3. The van der Waals surface area contributed by atoms with Crippen molar-refractivity contribution < 1.29 is 19.2 Å². The second kappa shape index (κ2) is 8.53. The van der Waals surface area contributed by atoms with Gasteiger partial charge in [-0.05, 0) is 18.2 Å². The summed E-state index contributed by atoms with van der Waals surface area (Å²) >= 11 is 0. The molecule has 0 fully saturated rings. The number of ether oxygens (including phenoxy) is 2. The summed E-state index contributed by atoms with van der Waals surface area (Å²) in [5.74, 6) is 0.854. The van der Waals surface area contributed by atoms with Crippen LogP contribution in [-0.4, -0.2) is 31.6 Å². The van der Waals surface area contributed by atoms with Gasteiger partial charge in [-0.2, -0.15) is 0 Å². The minimum atomic E-state index is -0.469. The Hall–Kier alpha value is -3.29. The van der Waals surface area contributed by atoms with E-state index in [4.69, 9.17) is 9.47 Å². The molecule has 0 spiro atoms. The lowest BCUT2D eigenvalue weighted by Crippen LogP contribution is -2.17. The fraction of sp³-hybridized carbons (Fsp3) is 0.235. The number of amides is 1. The Kier molecular flexibility index (Phi) is 6.16. The third kappa shape index (κ3) is 4.84. The first kappa shape index (κ1) is 18.1. The molecular weight excluding hydrogens is 326 g/mol. The maximum absolute atomic E-state index is 12.1. The van der Waals surface area contributed by atoms with E-state index in [9.17, 15) is 14.9 Å². The summed E-state index contributed by atoms with van der Waals surface area (Å²) in [6.07, 6.45) is 0.131. The molecule has 0 saturated heterocycles. The van der Waals surface area contributed by atoms with Crippen LogP contribution < -0.4 is 20.1 Å². The van der Waals surface area contributed by atoms with E-state index >= 15 is 0 Å². The van der Waals surface area contributed by atoms with Crippen LogP contribution in [0.4, 0.5) is 17.1 Å². The molecule has 2 N–H and O–H groups in total. The van der Waals surface area contributed by atoms with Crippen LogP contribution in [0.3, 0.4) is 0 Å². The minimum Gasteiger partial charge on any atom is -0.497 e. The predicted octanol–water partition coefficient (Wildman–Crippen LogP) is 3.05. The van der Waals surface area contributed by atoms with Crippen molar-refractivity contribution in [1.29, 1.82) is 0 Å². The van der Waals surface area contributed by atoms with Crippen LogP contribution in [0.2, 0.25) is 0 Å². The smallest absolute Gasteiger partial charge is 0.292 e. The normalized spacial score (nSPS) is 10.0. The van der Waals surface area contributed by atoms with Gasteiger partial charge in [0.2, 0.25) is 5.91 Å². The van der Waals surface area contributed by atoms with E-state index < -0.39 is 4.92 Å². The Bertz CT molecular complexity index is 764. The quantitative estimate of drug-likeness (QED) is 0.563. The van der Waals surface area contributed by atoms with Gasteiger partial charge >= 0.3 is 0 Å². The second-order valence-corrected chi connectivity index (χ2v) is 5.07. The molecule has 0 saturated carbocycles. The first-order chi connectivity index (χ1) is 12.0. The molecule has 8 nitrogen and oxygen atoms in total. The number of para-hydroxylation sites is 2. The number of carbonyl (C=O) groups is 1. The zero-order valence-corrected chi connectivity index (χ0v) is 13.9. The molecule has 0 radical (unpaired) electrons. The third-order valence-electron chi connectivity index (χ3n) is 3.45. The van der Waals surface area contributed by atoms with Crippen molar-refractivity contribution >= 4 is 23.0 Å². The monoisotopic (exact) mass is 345 g/mol. The molecule has 0 aliphatic rings. The molecule has 0 unspecified atom stereocenters. The van der Waals surface area contributed by atoms with Crippen LogP contribution in [0.25, 0.3) is 0 Å². The van der Waals surface area contributed by atoms with Crippen LogP contribution in [-0.2, 0) is 4.79 Å². The van der Waals surface area contributed by atoms with E-state index in [2.05, 4.69) is 10.6 Å². The van der Waals surface area contributed by atoms with Crippen molar-refractivity contribution in [3.05, 3.63) is 52.6 Å². The molecule has 1 amide bonds. The molecule has 0 aliphatic heterocycles. The van der Waals surface area contributed by atoms with Gasteiger partial charge in [0, 0.05) is 25.1 Å². The summed E-state index contributed by atoms with van der Waals surface area (Å²) in [7, 11) is 3.04. The molecule has 0 bridgehead atoms. The summed E-state index contributed by atoms with van der Waals surface area (Å²) in [4.78, 5) is 22.6. The van der Waals surface area contributed by atoms with Crippen molar-refractivity contribution in [3.63, 3.8) is 0 Å². The number of nitro benzene ring substituents is 1. The Morgan fingerprint density at radius 2 is 1.88 bits per heavy atom. The maximum atomic E-state index is 12.1. The lowest BCUT2D eigenvalue weighted by Gasteiger charge is -2.12. The lowest BCUT2D eigenvalue weighted by molar-refractivity contribution is -0.384. The van der Waals surface area contributed by atoms with Gasteiger partial charge in [-0.3, -0.25) is 14.9 Å². The fourth-order valence-corrected chi connectivity index (χ4v) is 2.22. The van der Waals surface area contributed by atoms with Crippen molar-refractivity contribution in [2.45, 2.75) is 6.42 Å². The van der Waals surface area contributed by atoms with Gasteiger partial charge in [-0.1, -0.05) is 12.1 Å².